The molecule has 0 radical (unpaired) electrons. The number of benzene rings is 2. The smallest absolute Gasteiger partial charge is 0.194 e. The van der Waals surface area contributed by atoms with Crippen molar-refractivity contribution in [2.75, 3.05) is 57.9 Å². The molecule has 1 fully saturated rings. The van der Waals surface area contributed by atoms with E-state index in [1.54, 1.807) is 7.11 Å². The average Bonchev–Trinajstić information content (AvgIpc) is 2.82. The first-order valence-electron chi connectivity index (χ1n) is 11.3. The lowest BCUT2D eigenvalue weighted by Gasteiger charge is -2.38. The maximum atomic E-state index is 8.97. The van der Waals surface area contributed by atoms with Crippen molar-refractivity contribution in [2.45, 2.75) is 27.3 Å². The highest BCUT2D eigenvalue weighted by Crippen LogP contribution is 2.28. The summed E-state index contributed by atoms with van der Waals surface area (Å²) in [5.74, 6) is 2.22. The van der Waals surface area contributed by atoms with Crippen LogP contribution >= 0.6 is 24.0 Å². The molecule has 1 heterocycles. The number of halogens is 1. The third-order valence-corrected chi connectivity index (χ3v) is 5.82. The summed E-state index contributed by atoms with van der Waals surface area (Å²) < 4.78 is 11.0. The van der Waals surface area contributed by atoms with Crippen LogP contribution in [0.3, 0.4) is 0 Å². The molecule has 1 aliphatic rings. The molecule has 2 aromatic rings. The van der Waals surface area contributed by atoms with Crippen molar-refractivity contribution >= 4 is 35.6 Å². The standard InChI is InChI=1S/C25H36N4O3.HI/c1-5-26-25(27-18-21-9-10-23(32-16-15-30)24(17-21)31-4)29-13-11-28(12-14-29)22-8-6-7-19(2)20(22)3;/h6-10,17,30H,5,11-16,18H2,1-4H3,(H,26,27);1H. The van der Waals surface area contributed by atoms with Crippen LogP contribution < -0.4 is 19.7 Å². The summed E-state index contributed by atoms with van der Waals surface area (Å²) in [5, 5.41) is 12.4. The van der Waals surface area contributed by atoms with Crippen LogP contribution in [0.1, 0.15) is 23.6 Å². The minimum atomic E-state index is -0.0298. The number of aliphatic imine (C=N–C) groups is 1. The van der Waals surface area contributed by atoms with Crippen molar-refractivity contribution in [2.24, 2.45) is 4.99 Å². The van der Waals surface area contributed by atoms with Crippen LogP contribution in [0.15, 0.2) is 41.4 Å². The van der Waals surface area contributed by atoms with Crippen molar-refractivity contribution in [1.82, 2.24) is 10.2 Å². The maximum Gasteiger partial charge on any atom is 0.194 e. The monoisotopic (exact) mass is 568 g/mol. The quantitative estimate of drug-likeness (QED) is 0.288. The number of guanidine groups is 1. The lowest BCUT2D eigenvalue weighted by molar-refractivity contribution is 0.196. The second-order valence-electron chi connectivity index (χ2n) is 7.92. The van der Waals surface area contributed by atoms with E-state index in [9.17, 15) is 0 Å². The molecule has 182 valence electrons. The van der Waals surface area contributed by atoms with Crippen molar-refractivity contribution in [3.8, 4) is 11.5 Å². The van der Waals surface area contributed by atoms with E-state index in [0.29, 0.717) is 18.0 Å². The topological polar surface area (TPSA) is 69.6 Å². The Morgan fingerprint density at radius 2 is 1.85 bits per heavy atom. The van der Waals surface area contributed by atoms with Crippen molar-refractivity contribution in [3.05, 3.63) is 53.1 Å². The van der Waals surface area contributed by atoms with Gasteiger partial charge in [0.15, 0.2) is 17.5 Å². The molecule has 7 nitrogen and oxygen atoms in total. The van der Waals surface area contributed by atoms with Gasteiger partial charge < -0.3 is 29.7 Å². The third kappa shape index (κ3) is 7.14. The van der Waals surface area contributed by atoms with E-state index in [1.165, 1.54) is 16.8 Å². The van der Waals surface area contributed by atoms with Crippen LogP contribution in [-0.2, 0) is 6.54 Å². The molecule has 0 unspecified atom stereocenters. The first-order chi connectivity index (χ1) is 15.6. The average molecular weight is 569 g/mol. The van der Waals surface area contributed by atoms with Crippen LogP contribution in [0.4, 0.5) is 5.69 Å². The van der Waals surface area contributed by atoms with Crippen molar-refractivity contribution in [1.29, 1.82) is 0 Å². The second kappa shape index (κ2) is 13.5. The number of aryl methyl sites for hydroxylation is 1. The molecule has 0 saturated carbocycles. The largest absolute Gasteiger partial charge is 0.493 e. The Balaban J connectivity index is 0.00000385. The number of aliphatic hydroxyl groups is 1. The molecule has 1 saturated heterocycles. The number of ether oxygens (including phenoxy) is 2. The summed E-state index contributed by atoms with van der Waals surface area (Å²) in [6.45, 7) is 11.9. The predicted octanol–water partition coefficient (Wildman–Crippen LogP) is 3.59. The highest BCUT2D eigenvalue weighted by molar-refractivity contribution is 14.0. The van der Waals surface area contributed by atoms with Gasteiger partial charge in [0.1, 0.15) is 6.61 Å². The van der Waals surface area contributed by atoms with Gasteiger partial charge in [-0.25, -0.2) is 4.99 Å². The molecule has 3 rings (SSSR count). The summed E-state index contributed by atoms with van der Waals surface area (Å²) in [6.07, 6.45) is 0. The fourth-order valence-corrected chi connectivity index (χ4v) is 3.91. The normalized spacial score (nSPS) is 14.0. The number of nitrogens with one attached hydrogen (secondary N) is 1. The Hall–Kier alpha value is -2.20. The molecular weight excluding hydrogens is 531 g/mol. The van der Waals surface area contributed by atoms with Gasteiger partial charge in [-0.15, -0.1) is 24.0 Å². The lowest BCUT2D eigenvalue weighted by Crippen LogP contribution is -2.52. The molecular formula is C25H37IN4O3. The fourth-order valence-electron chi connectivity index (χ4n) is 3.91. The molecule has 0 aliphatic carbocycles. The predicted molar refractivity (Wildman–Crippen MR) is 146 cm³/mol. The zero-order chi connectivity index (χ0) is 22.9. The van der Waals surface area contributed by atoms with Crippen LogP contribution in [0.25, 0.3) is 0 Å². The summed E-state index contributed by atoms with van der Waals surface area (Å²) >= 11 is 0. The number of nitrogens with zero attached hydrogens (tertiary/aromatic N) is 3. The minimum Gasteiger partial charge on any atom is -0.493 e. The van der Waals surface area contributed by atoms with E-state index in [-0.39, 0.29) is 37.2 Å². The highest BCUT2D eigenvalue weighted by Gasteiger charge is 2.21. The van der Waals surface area contributed by atoms with E-state index in [1.807, 2.05) is 18.2 Å². The Bertz CT molecular complexity index is 915. The molecule has 0 atom stereocenters. The number of anilines is 1. The van der Waals surface area contributed by atoms with Gasteiger partial charge in [-0.3, -0.25) is 0 Å². The zero-order valence-electron chi connectivity index (χ0n) is 20.1. The number of methoxy groups -OCH3 is 1. The van der Waals surface area contributed by atoms with Crippen molar-refractivity contribution < 1.29 is 14.6 Å². The number of rotatable bonds is 8. The van der Waals surface area contributed by atoms with E-state index in [0.717, 1.165) is 44.2 Å². The third-order valence-electron chi connectivity index (χ3n) is 5.82. The van der Waals surface area contributed by atoms with Gasteiger partial charge in [0.25, 0.3) is 0 Å². The highest BCUT2D eigenvalue weighted by atomic mass is 127. The number of hydrogen-bond donors (Lipinski definition) is 2. The van der Waals surface area contributed by atoms with E-state index >= 15 is 0 Å². The molecule has 2 N–H and O–H groups in total. The second-order valence-corrected chi connectivity index (χ2v) is 7.92. The van der Waals surface area contributed by atoms with Crippen LogP contribution in [0.2, 0.25) is 0 Å². The molecule has 2 aromatic carbocycles. The molecule has 1 aliphatic heterocycles. The van der Waals surface area contributed by atoms with E-state index < -0.39 is 0 Å². The SMILES string of the molecule is CCNC(=NCc1ccc(OCCO)c(OC)c1)N1CCN(c2cccc(C)c2C)CC1.I. The van der Waals surface area contributed by atoms with Gasteiger partial charge in [0.05, 0.1) is 20.3 Å². The van der Waals surface area contributed by atoms with Gasteiger partial charge in [-0.1, -0.05) is 18.2 Å². The first-order valence-corrected chi connectivity index (χ1v) is 11.3. The number of aliphatic hydroxyl groups excluding tert-OH is 1. The Morgan fingerprint density at radius 1 is 1.09 bits per heavy atom. The molecule has 0 spiro atoms. The minimum absolute atomic E-state index is 0. The Labute approximate surface area is 214 Å². The Morgan fingerprint density at radius 3 is 2.52 bits per heavy atom. The van der Waals surface area contributed by atoms with Crippen molar-refractivity contribution in [3.63, 3.8) is 0 Å². The van der Waals surface area contributed by atoms with Gasteiger partial charge in [-0.2, -0.15) is 0 Å². The molecule has 33 heavy (non-hydrogen) atoms. The molecule has 0 aromatic heterocycles. The van der Waals surface area contributed by atoms with Gasteiger partial charge >= 0.3 is 0 Å². The van der Waals surface area contributed by atoms with E-state index in [2.05, 4.69) is 54.1 Å². The fraction of sp³-hybridized carbons (Fsp3) is 0.480. The summed E-state index contributed by atoms with van der Waals surface area (Å²) in [5.41, 5.74) is 5.08. The summed E-state index contributed by atoms with van der Waals surface area (Å²) in [6, 6.07) is 12.3. The molecule has 8 heteroatoms. The number of piperazine rings is 1. The summed E-state index contributed by atoms with van der Waals surface area (Å²) in [7, 11) is 1.62. The van der Waals surface area contributed by atoms with Gasteiger partial charge in [0, 0.05) is 38.4 Å². The van der Waals surface area contributed by atoms with Gasteiger partial charge in [0.2, 0.25) is 0 Å². The maximum absolute atomic E-state index is 8.97. The van der Waals surface area contributed by atoms with Crippen LogP contribution in [0, 0.1) is 13.8 Å². The number of hydrogen-bond acceptors (Lipinski definition) is 5. The molecule has 0 amide bonds. The first kappa shape index (κ1) is 27.0. The lowest BCUT2D eigenvalue weighted by atomic mass is 10.1. The van der Waals surface area contributed by atoms with E-state index in [4.69, 9.17) is 19.6 Å². The zero-order valence-corrected chi connectivity index (χ0v) is 22.5. The van der Waals surface area contributed by atoms with Gasteiger partial charge in [-0.05, 0) is 55.7 Å². The summed E-state index contributed by atoms with van der Waals surface area (Å²) in [4.78, 5) is 9.69. The molecule has 0 bridgehead atoms. The van der Waals surface area contributed by atoms with Crippen LogP contribution in [-0.4, -0.2) is 69.0 Å². The van der Waals surface area contributed by atoms with Crippen LogP contribution in [0.5, 0.6) is 11.5 Å². The Kier molecular flexibility index (Phi) is 11.1.